The number of likely N-dealkylation sites (N-methyl/N-ethyl adjacent to an activating group) is 1. The molecule has 0 radical (unpaired) electrons. The molecule has 1 atom stereocenters. The van der Waals surface area contributed by atoms with Gasteiger partial charge in [-0.05, 0) is 30.5 Å². The molecule has 0 spiro atoms. The van der Waals surface area contributed by atoms with Crippen molar-refractivity contribution in [3.63, 3.8) is 0 Å². The SMILES string of the molecule is CN(CC1CCCO1)c1ccc(CBr)c(Br)c1. The minimum absolute atomic E-state index is 0.398. The van der Waals surface area contributed by atoms with Gasteiger partial charge in [0.1, 0.15) is 0 Å². The molecule has 1 aromatic carbocycles. The summed E-state index contributed by atoms with van der Waals surface area (Å²) in [5.74, 6) is 0. The van der Waals surface area contributed by atoms with Crippen LogP contribution < -0.4 is 4.90 Å². The summed E-state index contributed by atoms with van der Waals surface area (Å²) >= 11 is 7.08. The molecule has 1 heterocycles. The van der Waals surface area contributed by atoms with Crippen molar-refractivity contribution < 1.29 is 4.74 Å². The average Bonchev–Trinajstić information content (AvgIpc) is 2.81. The van der Waals surface area contributed by atoms with Gasteiger partial charge < -0.3 is 9.64 Å². The Bertz CT molecular complexity index is 378. The van der Waals surface area contributed by atoms with E-state index >= 15 is 0 Å². The van der Waals surface area contributed by atoms with Gasteiger partial charge in [-0.1, -0.05) is 37.9 Å². The summed E-state index contributed by atoms with van der Waals surface area (Å²) in [4.78, 5) is 2.26. The summed E-state index contributed by atoms with van der Waals surface area (Å²) in [6, 6.07) is 6.49. The van der Waals surface area contributed by atoms with Crippen molar-refractivity contribution >= 4 is 37.5 Å². The summed E-state index contributed by atoms with van der Waals surface area (Å²) in [6.45, 7) is 1.89. The second-order valence-electron chi connectivity index (χ2n) is 4.42. The molecule has 0 aliphatic carbocycles. The molecule has 0 bridgehead atoms. The van der Waals surface area contributed by atoms with E-state index in [0.717, 1.165) is 23.0 Å². The Morgan fingerprint density at radius 2 is 2.29 bits per heavy atom. The zero-order valence-corrected chi connectivity index (χ0v) is 13.1. The third kappa shape index (κ3) is 3.46. The largest absolute Gasteiger partial charge is 0.376 e. The third-order valence-electron chi connectivity index (χ3n) is 3.12. The maximum Gasteiger partial charge on any atom is 0.0750 e. The van der Waals surface area contributed by atoms with Gasteiger partial charge in [0.2, 0.25) is 0 Å². The van der Waals surface area contributed by atoms with E-state index in [1.165, 1.54) is 24.1 Å². The fraction of sp³-hybridized carbons (Fsp3) is 0.538. The molecule has 4 heteroatoms. The van der Waals surface area contributed by atoms with Crippen LogP contribution in [0, 0.1) is 0 Å². The molecule has 0 saturated carbocycles. The van der Waals surface area contributed by atoms with Crippen LogP contribution in [0.1, 0.15) is 18.4 Å². The Balaban J connectivity index is 2.02. The second kappa shape index (κ2) is 6.21. The predicted molar refractivity (Wildman–Crippen MR) is 79.0 cm³/mol. The lowest BCUT2D eigenvalue weighted by Crippen LogP contribution is -2.28. The topological polar surface area (TPSA) is 12.5 Å². The maximum atomic E-state index is 5.66. The number of alkyl halides is 1. The highest BCUT2D eigenvalue weighted by Gasteiger charge is 2.17. The number of rotatable bonds is 4. The lowest BCUT2D eigenvalue weighted by molar-refractivity contribution is 0.116. The van der Waals surface area contributed by atoms with Crippen molar-refractivity contribution in [3.8, 4) is 0 Å². The Hall–Kier alpha value is -0.0600. The van der Waals surface area contributed by atoms with Crippen molar-refractivity contribution in [2.75, 3.05) is 25.1 Å². The van der Waals surface area contributed by atoms with Crippen LogP contribution >= 0.6 is 31.9 Å². The van der Waals surface area contributed by atoms with E-state index < -0.39 is 0 Å². The van der Waals surface area contributed by atoms with Gasteiger partial charge in [-0.3, -0.25) is 0 Å². The van der Waals surface area contributed by atoms with Crippen LogP contribution in [0.3, 0.4) is 0 Å². The maximum absolute atomic E-state index is 5.66. The van der Waals surface area contributed by atoms with Gasteiger partial charge >= 0.3 is 0 Å². The molecule has 1 unspecified atom stereocenters. The van der Waals surface area contributed by atoms with Crippen LogP contribution in [0.15, 0.2) is 22.7 Å². The highest BCUT2D eigenvalue weighted by atomic mass is 79.9. The van der Waals surface area contributed by atoms with Crippen molar-refractivity contribution in [1.29, 1.82) is 0 Å². The van der Waals surface area contributed by atoms with Crippen molar-refractivity contribution in [1.82, 2.24) is 0 Å². The number of anilines is 1. The number of ether oxygens (including phenoxy) is 1. The standard InChI is InChI=1S/C13H17Br2NO/c1-16(9-12-3-2-6-17-12)11-5-4-10(8-14)13(15)7-11/h4-5,7,12H,2-3,6,8-9H2,1H3. The number of hydrogen-bond acceptors (Lipinski definition) is 2. The Labute approximate surface area is 120 Å². The van der Waals surface area contributed by atoms with E-state index in [9.17, 15) is 0 Å². The molecule has 0 aromatic heterocycles. The van der Waals surface area contributed by atoms with Crippen molar-refractivity contribution in [3.05, 3.63) is 28.2 Å². The minimum atomic E-state index is 0.398. The molecule has 1 fully saturated rings. The molecule has 94 valence electrons. The number of nitrogens with zero attached hydrogens (tertiary/aromatic N) is 1. The van der Waals surface area contributed by atoms with E-state index in [4.69, 9.17) is 4.74 Å². The lowest BCUT2D eigenvalue weighted by Gasteiger charge is -2.23. The average molecular weight is 363 g/mol. The van der Waals surface area contributed by atoms with Gasteiger partial charge in [0, 0.05) is 35.7 Å². The van der Waals surface area contributed by atoms with Crippen molar-refractivity contribution in [2.24, 2.45) is 0 Å². The number of halogens is 2. The van der Waals surface area contributed by atoms with Gasteiger partial charge in [-0.2, -0.15) is 0 Å². The van der Waals surface area contributed by atoms with Gasteiger partial charge in [-0.25, -0.2) is 0 Å². The van der Waals surface area contributed by atoms with E-state index in [0.29, 0.717) is 6.10 Å². The molecule has 0 amide bonds. The highest BCUT2D eigenvalue weighted by molar-refractivity contribution is 9.10. The van der Waals surface area contributed by atoms with Crippen LogP contribution in [0.4, 0.5) is 5.69 Å². The zero-order chi connectivity index (χ0) is 12.3. The molecule has 0 N–H and O–H groups in total. The first-order chi connectivity index (χ1) is 8.20. The molecular weight excluding hydrogens is 346 g/mol. The predicted octanol–water partition coefficient (Wildman–Crippen LogP) is 3.96. The zero-order valence-electron chi connectivity index (χ0n) is 9.96. The third-order valence-corrected chi connectivity index (χ3v) is 4.47. The first-order valence-corrected chi connectivity index (χ1v) is 7.79. The van der Waals surface area contributed by atoms with Gasteiger partial charge in [0.15, 0.2) is 0 Å². The van der Waals surface area contributed by atoms with Crippen LogP contribution in [0.2, 0.25) is 0 Å². The summed E-state index contributed by atoms with van der Waals surface area (Å²) in [5, 5.41) is 0.878. The molecule has 2 rings (SSSR count). The molecule has 1 aromatic rings. The first kappa shape index (κ1) is 13.4. The van der Waals surface area contributed by atoms with E-state index in [-0.39, 0.29) is 0 Å². The van der Waals surface area contributed by atoms with Gasteiger partial charge in [0.05, 0.1) is 6.10 Å². The van der Waals surface area contributed by atoms with Gasteiger partial charge in [0.25, 0.3) is 0 Å². The quantitative estimate of drug-likeness (QED) is 0.751. The molecule has 1 aliphatic heterocycles. The van der Waals surface area contributed by atoms with Crippen molar-refractivity contribution in [2.45, 2.75) is 24.3 Å². The molecule has 2 nitrogen and oxygen atoms in total. The molecule has 1 saturated heterocycles. The Morgan fingerprint density at radius 1 is 1.47 bits per heavy atom. The minimum Gasteiger partial charge on any atom is -0.376 e. The van der Waals surface area contributed by atoms with Crippen LogP contribution in [0.25, 0.3) is 0 Å². The first-order valence-electron chi connectivity index (χ1n) is 5.88. The Kier molecular flexibility index (Phi) is 4.88. The summed E-state index contributed by atoms with van der Waals surface area (Å²) in [6.07, 6.45) is 2.78. The Morgan fingerprint density at radius 3 is 2.88 bits per heavy atom. The second-order valence-corrected chi connectivity index (χ2v) is 5.84. The summed E-state index contributed by atoms with van der Waals surface area (Å²) in [7, 11) is 2.12. The lowest BCUT2D eigenvalue weighted by atomic mass is 10.2. The molecule has 17 heavy (non-hydrogen) atoms. The summed E-state index contributed by atoms with van der Waals surface area (Å²) in [5.41, 5.74) is 2.51. The fourth-order valence-electron chi connectivity index (χ4n) is 2.08. The highest BCUT2D eigenvalue weighted by Crippen LogP contribution is 2.26. The number of benzene rings is 1. The number of hydrogen-bond donors (Lipinski definition) is 0. The molecule has 1 aliphatic rings. The molecular formula is C13H17Br2NO. The van der Waals surface area contributed by atoms with Crippen LogP contribution in [-0.2, 0) is 10.1 Å². The van der Waals surface area contributed by atoms with Crippen LogP contribution in [0.5, 0.6) is 0 Å². The summed E-state index contributed by atoms with van der Waals surface area (Å²) < 4.78 is 6.82. The van der Waals surface area contributed by atoms with E-state index in [1.807, 2.05) is 0 Å². The monoisotopic (exact) mass is 361 g/mol. The van der Waals surface area contributed by atoms with Gasteiger partial charge in [-0.15, -0.1) is 0 Å². The fourth-order valence-corrected chi connectivity index (χ4v) is 3.45. The smallest absolute Gasteiger partial charge is 0.0750 e. The van der Waals surface area contributed by atoms with E-state index in [2.05, 4.69) is 62.0 Å². The van der Waals surface area contributed by atoms with E-state index in [1.54, 1.807) is 0 Å². The van der Waals surface area contributed by atoms with Crippen LogP contribution in [-0.4, -0.2) is 26.3 Å². The normalized spacial score (nSPS) is 19.6.